The Morgan fingerprint density at radius 1 is 0.311 bits per heavy atom. The predicted molar refractivity (Wildman–Crippen MR) is 261 cm³/mol. The number of anilines is 3. The molecule has 2 heterocycles. The maximum absolute atomic E-state index is 6.50. The number of thiophene rings is 1. The standard InChI is InChI=1S/C58H37NOS/c1-2-10-41(11-3-1)50-17-9-18-53-54-36-43(27-35-55(54)60-58(50)53)38-20-28-45(29-21-38)59(47-32-24-42(25-33-47)49-16-8-13-40-12-4-5-14-48(40)49)46-30-22-39(23-31-46)44-26-34-52-51-15-6-7-19-56(51)61-57(52)37-44/h1-37H. The molecule has 0 unspecified atom stereocenters. The van der Waals surface area contributed by atoms with E-state index >= 15 is 0 Å². The summed E-state index contributed by atoms with van der Waals surface area (Å²) in [6.45, 7) is 0. The Labute approximate surface area is 357 Å². The highest BCUT2D eigenvalue weighted by Gasteiger charge is 2.17. The van der Waals surface area contributed by atoms with Crippen LogP contribution in [0.15, 0.2) is 229 Å². The fourth-order valence-corrected chi connectivity index (χ4v) is 10.2. The minimum Gasteiger partial charge on any atom is -0.455 e. The average Bonchev–Trinajstić information content (AvgIpc) is 3.90. The van der Waals surface area contributed by atoms with E-state index in [0.717, 1.165) is 61.3 Å². The molecular weight excluding hydrogens is 759 g/mol. The molecule has 0 fully saturated rings. The van der Waals surface area contributed by atoms with E-state index in [9.17, 15) is 0 Å². The van der Waals surface area contributed by atoms with Gasteiger partial charge in [0.15, 0.2) is 0 Å². The van der Waals surface area contributed by atoms with Crippen LogP contribution in [0.1, 0.15) is 0 Å². The van der Waals surface area contributed by atoms with Crippen molar-refractivity contribution in [2.45, 2.75) is 0 Å². The van der Waals surface area contributed by atoms with Gasteiger partial charge in [-0.1, -0.05) is 164 Å². The molecule has 12 aromatic rings. The number of fused-ring (bicyclic) bond motifs is 7. The minimum absolute atomic E-state index is 0.893. The quantitative estimate of drug-likeness (QED) is 0.160. The van der Waals surface area contributed by atoms with Gasteiger partial charge >= 0.3 is 0 Å². The molecule has 0 atom stereocenters. The summed E-state index contributed by atoms with van der Waals surface area (Å²) >= 11 is 1.86. The molecule has 0 N–H and O–H groups in total. The molecule has 10 aromatic carbocycles. The normalized spacial score (nSPS) is 11.6. The van der Waals surface area contributed by atoms with Gasteiger partial charge in [0, 0.05) is 53.6 Å². The first-order valence-electron chi connectivity index (χ1n) is 20.7. The van der Waals surface area contributed by atoms with Gasteiger partial charge in [-0.25, -0.2) is 0 Å². The van der Waals surface area contributed by atoms with Gasteiger partial charge in [-0.15, -0.1) is 11.3 Å². The van der Waals surface area contributed by atoms with Gasteiger partial charge in [-0.2, -0.15) is 0 Å². The molecule has 0 aliphatic heterocycles. The average molecular weight is 796 g/mol. The molecule has 0 radical (unpaired) electrons. The summed E-state index contributed by atoms with van der Waals surface area (Å²) in [7, 11) is 0. The van der Waals surface area contributed by atoms with Crippen LogP contribution in [0.5, 0.6) is 0 Å². The number of hydrogen-bond acceptors (Lipinski definition) is 3. The summed E-state index contributed by atoms with van der Waals surface area (Å²) in [5, 5.41) is 7.39. The maximum atomic E-state index is 6.50. The van der Waals surface area contributed by atoms with Crippen LogP contribution in [0.4, 0.5) is 17.1 Å². The summed E-state index contributed by atoms with van der Waals surface area (Å²) in [6, 6.07) is 81.1. The zero-order valence-electron chi connectivity index (χ0n) is 33.1. The SMILES string of the molecule is c1ccc(-c2cccc3c2oc2ccc(-c4ccc(N(c5ccc(-c6ccc7c(c6)sc6ccccc67)cc5)c5ccc(-c6cccc7ccccc67)cc5)cc4)cc23)cc1. The topological polar surface area (TPSA) is 16.4 Å². The van der Waals surface area contributed by atoms with Crippen LogP contribution in [0.3, 0.4) is 0 Å². The third-order valence-corrected chi connectivity index (χ3v) is 13.2. The fraction of sp³-hybridized carbons (Fsp3) is 0. The van der Waals surface area contributed by atoms with Gasteiger partial charge in [-0.3, -0.25) is 0 Å². The van der Waals surface area contributed by atoms with Crippen molar-refractivity contribution in [2.24, 2.45) is 0 Å². The van der Waals surface area contributed by atoms with Crippen LogP contribution in [-0.4, -0.2) is 0 Å². The number of nitrogens with zero attached hydrogens (tertiary/aromatic N) is 1. The summed E-state index contributed by atoms with van der Waals surface area (Å²) in [4.78, 5) is 2.35. The van der Waals surface area contributed by atoms with E-state index in [1.807, 2.05) is 17.4 Å². The number of benzene rings is 10. The van der Waals surface area contributed by atoms with E-state index in [-0.39, 0.29) is 0 Å². The molecule has 2 nitrogen and oxygen atoms in total. The largest absolute Gasteiger partial charge is 0.455 e. The Morgan fingerprint density at radius 2 is 0.836 bits per heavy atom. The first kappa shape index (κ1) is 35.2. The van der Waals surface area contributed by atoms with Gasteiger partial charge in [0.05, 0.1) is 0 Å². The zero-order valence-corrected chi connectivity index (χ0v) is 33.9. The van der Waals surface area contributed by atoms with Gasteiger partial charge in [-0.05, 0) is 110 Å². The Morgan fingerprint density at radius 3 is 1.59 bits per heavy atom. The number of hydrogen-bond donors (Lipinski definition) is 0. The molecule has 0 saturated heterocycles. The van der Waals surface area contributed by atoms with E-state index in [4.69, 9.17) is 4.42 Å². The molecular formula is C58H37NOS. The van der Waals surface area contributed by atoms with Gasteiger partial charge in [0.25, 0.3) is 0 Å². The second kappa shape index (κ2) is 14.5. The monoisotopic (exact) mass is 795 g/mol. The second-order valence-corrected chi connectivity index (χ2v) is 16.8. The Balaban J connectivity index is 0.916. The van der Waals surface area contributed by atoms with Crippen LogP contribution < -0.4 is 4.90 Å². The lowest BCUT2D eigenvalue weighted by molar-refractivity contribution is 0.670. The van der Waals surface area contributed by atoms with Crippen LogP contribution in [0.25, 0.3) is 97.4 Å². The smallest absolute Gasteiger partial charge is 0.143 e. The highest BCUT2D eigenvalue weighted by atomic mass is 32.1. The molecule has 0 amide bonds. The Kier molecular flexibility index (Phi) is 8.39. The van der Waals surface area contributed by atoms with Crippen molar-refractivity contribution in [3.05, 3.63) is 224 Å². The van der Waals surface area contributed by atoms with E-state index in [2.05, 4.69) is 223 Å². The number of furan rings is 1. The van der Waals surface area contributed by atoms with Crippen LogP contribution in [0, 0.1) is 0 Å². The predicted octanol–water partition coefficient (Wildman–Crippen LogP) is 17.2. The molecule has 61 heavy (non-hydrogen) atoms. The lowest BCUT2D eigenvalue weighted by atomic mass is 9.98. The number of para-hydroxylation sites is 1. The van der Waals surface area contributed by atoms with Gasteiger partial charge in [0.1, 0.15) is 11.2 Å². The van der Waals surface area contributed by atoms with Crippen LogP contribution in [0.2, 0.25) is 0 Å². The van der Waals surface area contributed by atoms with Crippen molar-refractivity contribution in [3.8, 4) is 44.5 Å². The molecule has 0 spiro atoms. The van der Waals surface area contributed by atoms with Crippen LogP contribution >= 0.6 is 11.3 Å². The molecule has 3 heteroatoms. The molecule has 12 rings (SSSR count). The molecule has 286 valence electrons. The summed E-state index contributed by atoms with van der Waals surface area (Å²) < 4.78 is 9.13. The van der Waals surface area contributed by atoms with Crippen molar-refractivity contribution < 1.29 is 4.42 Å². The Hall–Kier alpha value is -7.72. The van der Waals surface area contributed by atoms with Crippen molar-refractivity contribution >= 4 is 81.3 Å². The fourth-order valence-electron chi connectivity index (χ4n) is 9.05. The van der Waals surface area contributed by atoms with E-state index in [0.29, 0.717) is 0 Å². The first-order valence-corrected chi connectivity index (χ1v) is 21.5. The van der Waals surface area contributed by atoms with Crippen LogP contribution in [-0.2, 0) is 0 Å². The molecule has 0 saturated carbocycles. The Bertz CT molecular complexity index is 3560. The molecule has 0 aliphatic carbocycles. The number of rotatable bonds is 7. The van der Waals surface area contributed by atoms with Gasteiger partial charge < -0.3 is 9.32 Å². The van der Waals surface area contributed by atoms with E-state index in [1.54, 1.807) is 0 Å². The molecule has 0 aliphatic rings. The highest BCUT2D eigenvalue weighted by molar-refractivity contribution is 7.25. The van der Waals surface area contributed by atoms with Crippen molar-refractivity contribution in [2.75, 3.05) is 4.90 Å². The van der Waals surface area contributed by atoms with E-state index in [1.165, 1.54) is 53.2 Å². The van der Waals surface area contributed by atoms with Crippen molar-refractivity contribution in [1.29, 1.82) is 0 Å². The highest BCUT2D eigenvalue weighted by Crippen LogP contribution is 2.42. The molecule has 0 bridgehead atoms. The summed E-state index contributed by atoms with van der Waals surface area (Å²) in [6.07, 6.45) is 0. The summed E-state index contributed by atoms with van der Waals surface area (Å²) in [5.74, 6) is 0. The lowest BCUT2D eigenvalue weighted by Gasteiger charge is -2.26. The van der Waals surface area contributed by atoms with Crippen molar-refractivity contribution in [1.82, 2.24) is 0 Å². The first-order chi connectivity index (χ1) is 30.2. The third kappa shape index (κ3) is 6.18. The van der Waals surface area contributed by atoms with E-state index < -0.39 is 0 Å². The zero-order chi connectivity index (χ0) is 40.3. The van der Waals surface area contributed by atoms with Gasteiger partial charge in [0.2, 0.25) is 0 Å². The molecule has 2 aromatic heterocycles. The second-order valence-electron chi connectivity index (χ2n) is 15.7. The summed E-state index contributed by atoms with van der Waals surface area (Å²) in [5.41, 5.74) is 14.5. The third-order valence-electron chi connectivity index (χ3n) is 12.1. The minimum atomic E-state index is 0.893. The maximum Gasteiger partial charge on any atom is 0.143 e. The lowest BCUT2D eigenvalue weighted by Crippen LogP contribution is -2.09. The van der Waals surface area contributed by atoms with Crippen molar-refractivity contribution in [3.63, 3.8) is 0 Å².